The molecule has 1 N–H and O–H groups in total. The van der Waals surface area contributed by atoms with Crippen LogP contribution in [-0.2, 0) is 15.3 Å². The summed E-state index contributed by atoms with van der Waals surface area (Å²) in [4.78, 5) is 4.44. The van der Waals surface area contributed by atoms with E-state index in [-0.39, 0.29) is 10.3 Å². The lowest BCUT2D eigenvalue weighted by Gasteiger charge is -2.43. The Labute approximate surface area is 141 Å². The number of pyridine rings is 1. The zero-order valence-electron chi connectivity index (χ0n) is 12.9. The number of benzene rings is 1. The number of rotatable bonds is 5. The summed E-state index contributed by atoms with van der Waals surface area (Å²) in [6.07, 6.45) is 6.12. The summed E-state index contributed by atoms with van der Waals surface area (Å²) < 4.78 is 23.7. The zero-order valence-corrected chi connectivity index (χ0v) is 14.5. The second kappa shape index (κ2) is 6.13. The van der Waals surface area contributed by atoms with Gasteiger partial charge in [-0.15, -0.1) is 0 Å². The van der Waals surface area contributed by atoms with E-state index < -0.39 is 9.84 Å². The molecule has 0 spiro atoms. The summed E-state index contributed by atoms with van der Waals surface area (Å²) in [6.45, 7) is 0.661. The molecule has 1 saturated carbocycles. The van der Waals surface area contributed by atoms with Crippen molar-refractivity contribution < 1.29 is 8.42 Å². The Morgan fingerprint density at radius 1 is 1.22 bits per heavy atom. The number of hydrogen-bond acceptors (Lipinski definition) is 4. The Morgan fingerprint density at radius 3 is 2.48 bits per heavy atom. The third kappa shape index (κ3) is 3.35. The van der Waals surface area contributed by atoms with E-state index in [0.717, 1.165) is 17.9 Å². The standard InChI is InChI=1S/C17H19ClN2O2S/c1-23(21,22)15-4-2-11-19-16(15)20-12-17(9-3-10-17)13-5-7-14(18)8-6-13/h2,4-8,11H,3,9-10,12H2,1H3,(H,19,20). The molecule has 1 fully saturated rings. The average Bonchev–Trinajstić information content (AvgIpc) is 2.47. The first-order valence-corrected chi connectivity index (χ1v) is 9.83. The first kappa shape index (κ1) is 16.3. The smallest absolute Gasteiger partial charge is 0.179 e. The summed E-state index contributed by atoms with van der Waals surface area (Å²) in [5.41, 5.74) is 1.26. The Hall–Kier alpha value is -1.59. The largest absolute Gasteiger partial charge is 0.368 e. The van der Waals surface area contributed by atoms with Gasteiger partial charge in [0.05, 0.1) is 0 Å². The van der Waals surface area contributed by atoms with Gasteiger partial charge >= 0.3 is 0 Å². The summed E-state index contributed by atoms with van der Waals surface area (Å²) in [5, 5.41) is 3.97. The van der Waals surface area contributed by atoms with Crippen molar-refractivity contribution in [2.75, 3.05) is 18.1 Å². The molecule has 4 nitrogen and oxygen atoms in total. The summed E-state index contributed by atoms with van der Waals surface area (Å²) in [5.74, 6) is 0.426. The van der Waals surface area contributed by atoms with Gasteiger partial charge < -0.3 is 5.32 Å². The molecule has 23 heavy (non-hydrogen) atoms. The van der Waals surface area contributed by atoms with E-state index in [0.29, 0.717) is 12.4 Å². The lowest BCUT2D eigenvalue weighted by atomic mass is 9.64. The van der Waals surface area contributed by atoms with Crippen LogP contribution in [0, 0.1) is 0 Å². The number of hydrogen-bond donors (Lipinski definition) is 1. The van der Waals surface area contributed by atoms with Gasteiger partial charge in [0.1, 0.15) is 10.7 Å². The minimum Gasteiger partial charge on any atom is -0.368 e. The monoisotopic (exact) mass is 350 g/mol. The number of nitrogens with zero attached hydrogens (tertiary/aromatic N) is 1. The molecule has 1 aliphatic carbocycles. The molecule has 0 atom stereocenters. The van der Waals surface area contributed by atoms with E-state index >= 15 is 0 Å². The van der Waals surface area contributed by atoms with E-state index in [2.05, 4.69) is 22.4 Å². The number of sulfone groups is 1. The predicted molar refractivity (Wildman–Crippen MR) is 92.8 cm³/mol. The van der Waals surface area contributed by atoms with Crippen molar-refractivity contribution in [1.29, 1.82) is 0 Å². The van der Waals surface area contributed by atoms with Crippen LogP contribution in [0.15, 0.2) is 47.5 Å². The van der Waals surface area contributed by atoms with Gasteiger partial charge in [-0.3, -0.25) is 0 Å². The van der Waals surface area contributed by atoms with Gasteiger partial charge in [0.25, 0.3) is 0 Å². The minimum atomic E-state index is -3.30. The zero-order chi connectivity index (χ0) is 16.5. The van der Waals surface area contributed by atoms with E-state index in [1.54, 1.807) is 18.3 Å². The van der Waals surface area contributed by atoms with Crippen LogP contribution in [0.4, 0.5) is 5.82 Å². The maximum absolute atomic E-state index is 11.9. The fourth-order valence-corrected chi connectivity index (χ4v) is 3.98. The van der Waals surface area contributed by atoms with E-state index in [1.807, 2.05) is 12.1 Å². The van der Waals surface area contributed by atoms with Crippen molar-refractivity contribution in [2.24, 2.45) is 0 Å². The number of halogens is 1. The van der Waals surface area contributed by atoms with Crippen LogP contribution in [0.5, 0.6) is 0 Å². The highest BCUT2D eigenvalue weighted by Gasteiger charge is 2.38. The molecule has 1 aromatic carbocycles. The van der Waals surface area contributed by atoms with Crippen LogP contribution in [-0.4, -0.2) is 26.2 Å². The van der Waals surface area contributed by atoms with Crippen molar-refractivity contribution >= 4 is 27.3 Å². The van der Waals surface area contributed by atoms with E-state index in [1.165, 1.54) is 18.2 Å². The summed E-state index contributed by atoms with van der Waals surface area (Å²) in [7, 11) is -3.30. The van der Waals surface area contributed by atoms with Crippen molar-refractivity contribution in [3.8, 4) is 0 Å². The Balaban J connectivity index is 1.84. The molecule has 0 radical (unpaired) electrons. The van der Waals surface area contributed by atoms with Gasteiger partial charge in [-0.25, -0.2) is 13.4 Å². The maximum Gasteiger partial charge on any atom is 0.179 e. The lowest BCUT2D eigenvalue weighted by Crippen LogP contribution is -2.41. The molecule has 0 amide bonds. The van der Waals surface area contributed by atoms with Crippen LogP contribution in [0.2, 0.25) is 5.02 Å². The average molecular weight is 351 g/mol. The van der Waals surface area contributed by atoms with Gasteiger partial charge in [-0.1, -0.05) is 30.2 Å². The van der Waals surface area contributed by atoms with Crippen LogP contribution in [0.3, 0.4) is 0 Å². The molecule has 1 aromatic heterocycles. The van der Waals surface area contributed by atoms with Crippen molar-refractivity contribution in [3.05, 3.63) is 53.2 Å². The topological polar surface area (TPSA) is 59.1 Å². The fraction of sp³-hybridized carbons (Fsp3) is 0.353. The molecule has 1 heterocycles. The van der Waals surface area contributed by atoms with E-state index in [9.17, 15) is 8.42 Å². The molecular formula is C17H19ClN2O2S. The second-order valence-electron chi connectivity index (χ2n) is 6.12. The third-order valence-electron chi connectivity index (χ3n) is 4.53. The normalized spacial score (nSPS) is 16.6. The summed E-state index contributed by atoms with van der Waals surface area (Å²) >= 11 is 5.97. The number of aromatic nitrogens is 1. The molecular weight excluding hydrogens is 332 g/mol. The summed E-state index contributed by atoms with van der Waals surface area (Å²) in [6, 6.07) is 11.1. The van der Waals surface area contributed by atoms with Crippen LogP contribution in [0.1, 0.15) is 24.8 Å². The molecule has 122 valence electrons. The van der Waals surface area contributed by atoms with Gasteiger partial charge in [0, 0.05) is 29.4 Å². The van der Waals surface area contributed by atoms with E-state index in [4.69, 9.17) is 11.6 Å². The second-order valence-corrected chi connectivity index (χ2v) is 8.54. The molecule has 1 aliphatic rings. The van der Waals surface area contributed by atoms with Crippen molar-refractivity contribution in [1.82, 2.24) is 4.98 Å². The Morgan fingerprint density at radius 2 is 1.91 bits per heavy atom. The molecule has 0 saturated heterocycles. The number of anilines is 1. The first-order chi connectivity index (χ1) is 10.9. The van der Waals surface area contributed by atoms with Gasteiger partial charge in [0.2, 0.25) is 0 Å². The minimum absolute atomic E-state index is 0.0247. The van der Waals surface area contributed by atoms with Crippen LogP contribution < -0.4 is 5.32 Å². The van der Waals surface area contributed by atoms with Crippen LogP contribution in [0.25, 0.3) is 0 Å². The Bertz CT molecular complexity index is 800. The van der Waals surface area contributed by atoms with Crippen LogP contribution >= 0.6 is 11.6 Å². The molecule has 2 aromatic rings. The van der Waals surface area contributed by atoms with Crippen molar-refractivity contribution in [3.63, 3.8) is 0 Å². The molecule has 0 unspecified atom stereocenters. The van der Waals surface area contributed by atoms with Gasteiger partial charge in [-0.05, 0) is 42.7 Å². The quantitative estimate of drug-likeness (QED) is 0.893. The van der Waals surface area contributed by atoms with Gasteiger partial charge in [0.15, 0.2) is 9.84 Å². The third-order valence-corrected chi connectivity index (χ3v) is 5.91. The maximum atomic E-state index is 11.9. The lowest BCUT2D eigenvalue weighted by molar-refractivity contribution is 0.260. The highest BCUT2D eigenvalue weighted by Crippen LogP contribution is 2.44. The highest BCUT2D eigenvalue weighted by atomic mass is 35.5. The van der Waals surface area contributed by atoms with Gasteiger partial charge in [-0.2, -0.15) is 0 Å². The molecule has 3 rings (SSSR count). The number of nitrogens with one attached hydrogen (secondary N) is 1. The molecule has 6 heteroatoms. The first-order valence-electron chi connectivity index (χ1n) is 7.56. The molecule has 0 bridgehead atoms. The molecule has 0 aliphatic heterocycles. The van der Waals surface area contributed by atoms with Crippen molar-refractivity contribution in [2.45, 2.75) is 29.6 Å². The highest BCUT2D eigenvalue weighted by molar-refractivity contribution is 7.90. The fourth-order valence-electron chi connectivity index (χ4n) is 3.05. The Kier molecular flexibility index (Phi) is 4.34. The predicted octanol–water partition coefficient (Wildman–Crippen LogP) is 3.67. The SMILES string of the molecule is CS(=O)(=O)c1cccnc1NCC1(c2ccc(Cl)cc2)CCC1.